The lowest BCUT2D eigenvalue weighted by atomic mass is 9.94. The van der Waals surface area contributed by atoms with Crippen molar-refractivity contribution in [2.75, 3.05) is 5.32 Å². The van der Waals surface area contributed by atoms with Crippen LogP contribution in [0.15, 0.2) is 90.1 Å². The molecule has 0 saturated heterocycles. The van der Waals surface area contributed by atoms with Crippen LogP contribution < -0.4 is 20.7 Å². The number of ether oxygens (including phenoxy) is 1. The van der Waals surface area contributed by atoms with E-state index in [4.69, 9.17) is 17.0 Å². The first kappa shape index (κ1) is 20.6. The number of para-hydroxylation sites is 1. The van der Waals surface area contributed by atoms with Gasteiger partial charge in [0.2, 0.25) is 0 Å². The lowest BCUT2D eigenvalue weighted by Crippen LogP contribution is -2.45. The number of rotatable bonds is 5. The predicted octanol–water partition coefficient (Wildman–Crippen LogP) is 5.05. The number of allylic oxidation sites excluding steroid dienone is 1. The van der Waals surface area contributed by atoms with E-state index in [0.717, 1.165) is 5.56 Å². The van der Waals surface area contributed by atoms with Crippen LogP contribution in [0.2, 0.25) is 0 Å². The van der Waals surface area contributed by atoms with Crippen LogP contribution in [0.3, 0.4) is 0 Å². The van der Waals surface area contributed by atoms with Crippen molar-refractivity contribution in [1.82, 2.24) is 10.6 Å². The van der Waals surface area contributed by atoms with Crippen molar-refractivity contribution < 1.29 is 13.9 Å². The van der Waals surface area contributed by atoms with Gasteiger partial charge in [-0.2, -0.15) is 0 Å². The summed E-state index contributed by atoms with van der Waals surface area (Å²) in [4.78, 5) is 13.1. The van der Waals surface area contributed by atoms with Gasteiger partial charge in [0.15, 0.2) is 5.11 Å². The van der Waals surface area contributed by atoms with Crippen LogP contribution in [0.4, 0.5) is 10.1 Å². The zero-order valence-electron chi connectivity index (χ0n) is 16.7. The molecule has 1 heterocycles. The Kier molecular flexibility index (Phi) is 5.95. The van der Waals surface area contributed by atoms with Crippen LogP contribution in [0.5, 0.6) is 11.5 Å². The molecule has 7 heteroatoms. The quantitative estimate of drug-likeness (QED) is 0.492. The molecule has 1 amide bonds. The highest BCUT2D eigenvalue weighted by atomic mass is 32.1. The van der Waals surface area contributed by atoms with Crippen LogP contribution in [0.25, 0.3) is 0 Å². The molecule has 0 radical (unpaired) electrons. The van der Waals surface area contributed by atoms with Gasteiger partial charge in [-0.3, -0.25) is 4.79 Å². The number of hydrogen-bond acceptors (Lipinski definition) is 3. The molecule has 1 aliphatic heterocycles. The van der Waals surface area contributed by atoms with Gasteiger partial charge in [-0.1, -0.05) is 36.4 Å². The Labute approximate surface area is 184 Å². The third-order valence-corrected chi connectivity index (χ3v) is 4.99. The van der Waals surface area contributed by atoms with E-state index in [0.29, 0.717) is 33.6 Å². The molecule has 0 saturated carbocycles. The number of hydrogen-bond donors (Lipinski definition) is 3. The molecule has 0 aliphatic carbocycles. The fourth-order valence-electron chi connectivity index (χ4n) is 3.39. The van der Waals surface area contributed by atoms with Gasteiger partial charge in [-0.25, -0.2) is 4.39 Å². The Hall–Kier alpha value is -3.71. The fraction of sp³-hybridized carbons (Fsp3) is 0.0833. The largest absolute Gasteiger partial charge is 0.457 e. The van der Waals surface area contributed by atoms with Crippen LogP contribution in [-0.4, -0.2) is 11.0 Å². The second-order valence-electron chi connectivity index (χ2n) is 7.02. The lowest BCUT2D eigenvalue weighted by molar-refractivity contribution is -0.113. The van der Waals surface area contributed by atoms with Gasteiger partial charge < -0.3 is 20.7 Å². The number of thiocarbonyl (C=S) groups is 1. The first-order chi connectivity index (χ1) is 15.0. The first-order valence-electron chi connectivity index (χ1n) is 9.67. The Bertz CT molecular complexity index is 1160. The number of nitrogens with one attached hydrogen (secondary N) is 3. The van der Waals surface area contributed by atoms with Crippen molar-refractivity contribution in [2.24, 2.45) is 0 Å². The molecule has 4 rings (SSSR count). The second kappa shape index (κ2) is 8.97. The summed E-state index contributed by atoms with van der Waals surface area (Å²) in [5, 5.41) is 9.33. The Balaban J connectivity index is 1.64. The van der Waals surface area contributed by atoms with Gasteiger partial charge in [0.25, 0.3) is 5.91 Å². The molecule has 3 aromatic rings. The molecule has 31 heavy (non-hydrogen) atoms. The Morgan fingerprint density at radius 3 is 2.52 bits per heavy atom. The fourth-order valence-corrected chi connectivity index (χ4v) is 3.66. The zero-order valence-corrected chi connectivity index (χ0v) is 17.5. The van der Waals surface area contributed by atoms with Gasteiger partial charge in [-0.15, -0.1) is 0 Å². The van der Waals surface area contributed by atoms with E-state index in [-0.39, 0.29) is 5.91 Å². The number of halogens is 1. The van der Waals surface area contributed by atoms with Crippen LogP contribution >= 0.6 is 12.2 Å². The molecule has 0 unspecified atom stereocenters. The van der Waals surface area contributed by atoms with E-state index < -0.39 is 11.9 Å². The smallest absolute Gasteiger partial charge is 0.255 e. The van der Waals surface area contributed by atoms with E-state index in [1.807, 2.05) is 54.6 Å². The van der Waals surface area contributed by atoms with Crippen molar-refractivity contribution in [3.8, 4) is 11.5 Å². The summed E-state index contributed by atoms with van der Waals surface area (Å²) in [6, 6.07) is 22.2. The van der Waals surface area contributed by atoms with E-state index in [9.17, 15) is 9.18 Å². The molecule has 0 fully saturated rings. The van der Waals surface area contributed by atoms with Crippen molar-refractivity contribution in [1.29, 1.82) is 0 Å². The number of anilines is 1. The van der Waals surface area contributed by atoms with Gasteiger partial charge >= 0.3 is 0 Å². The molecule has 1 aliphatic rings. The first-order valence-corrected chi connectivity index (χ1v) is 10.1. The highest BCUT2D eigenvalue weighted by Gasteiger charge is 2.30. The minimum atomic E-state index is -0.498. The third-order valence-electron chi connectivity index (χ3n) is 4.77. The van der Waals surface area contributed by atoms with Crippen molar-refractivity contribution in [3.05, 3.63) is 102 Å². The Morgan fingerprint density at radius 2 is 1.74 bits per heavy atom. The van der Waals surface area contributed by atoms with Crippen molar-refractivity contribution in [3.63, 3.8) is 0 Å². The van der Waals surface area contributed by atoms with Crippen molar-refractivity contribution in [2.45, 2.75) is 13.0 Å². The molecule has 5 nitrogen and oxygen atoms in total. The molecular formula is C24H20FN3O2S. The molecule has 0 aromatic heterocycles. The predicted molar refractivity (Wildman–Crippen MR) is 122 cm³/mol. The second-order valence-corrected chi connectivity index (χ2v) is 7.43. The van der Waals surface area contributed by atoms with Crippen LogP contribution in [0.1, 0.15) is 18.5 Å². The average molecular weight is 434 g/mol. The highest BCUT2D eigenvalue weighted by molar-refractivity contribution is 7.80. The van der Waals surface area contributed by atoms with E-state index in [1.54, 1.807) is 19.1 Å². The van der Waals surface area contributed by atoms with E-state index in [2.05, 4.69) is 16.0 Å². The summed E-state index contributed by atoms with van der Waals surface area (Å²) >= 11 is 5.32. The third kappa shape index (κ3) is 4.90. The molecule has 3 N–H and O–H groups in total. The number of carbonyl (C=O) groups is 1. The average Bonchev–Trinajstić information content (AvgIpc) is 2.74. The molecule has 1 atom stereocenters. The monoisotopic (exact) mass is 433 g/mol. The van der Waals surface area contributed by atoms with E-state index in [1.165, 1.54) is 12.1 Å². The van der Waals surface area contributed by atoms with Gasteiger partial charge in [0.1, 0.15) is 17.3 Å². The van der Waals surface area contributed by atoms with Crippen molar-refractivity contribution >= 4 is 28.9 Å². The summed E-state index contributed by atoms with van der Waals surface area (Å²) < 4.78 is 19.5. The minimum Gasteiger partial charge on any atom is -0.457 e. The topological polar surface area (TPSA) is 62.4 Å². The minimum absolute atomic E-state index is 0.356. The molecule has 0 spiro atoms. The summed E-state index contributed by atoms with van der Waals surface area (Å²) in [5.74, 6) is 0.568. The standard InChI is InChI=1S/C24H20FN3O2S/c1-15-21(23(29)27-18-9-6-8-17(25)14-18)22(28-24(31)26-15)16-7-5-12-20(13-16)30-19-10-3-2-4-11-19/h2-14,22H,1H3,(H,27,29)(H2,26,28,31)/t22-/m1/s1. The maximum Gasteiger partial charge on any atom is 0.255 e. The summed E-state index contributed by atoms with van der Waals surface area (Å²) in [6.07, 6.45) is 0. The number of benzene rings is 3. The van der Waals surface area contributed by atoms with Crippen LogP contribution in [-0.2, 0) is 4.79 Å². The SMILES string of the molecule is CC1=C(C(=O)Nc2cccc(F)c2)[C@@H](c2cccc(Oc3ccccc3)c2)NC(=S)N1. The lowest BCUT2D eigenvalue weighted by Gasteiger charge is -2.30. The summed E-state index contributed by atoms with van der Waals surface area (Å²) in [5.41, 5.74) is 2.26. The van der Waals surface area contributed by atoms with Gasteiger partial charge in [-0.05, 0) is 67.2 Å². The molecule has 0 bridgehead atoms. The molecule has 3 aromatic carbocycles. The van der Waals surface area contributed by atoms with Gasteiger partial charge in [0.05, 0.1) is 11.6 Å². The molecular weight excluding hydrogens is 413 g/mol. The summed E-state index contributed by atoms with van der Waals surface area (Å²) in [7, 11) is 0. The number of carbonyl (C=O) groups excluding carboxylic acids is 1. The molecule has 156 valence electrons. The Morgan fingerprint density at radius 1 is 1.00 bits per heavy atom. The van der Waals surface area contributed by atoms with Crippen LogP contribution in [0, 0.1) is 5.82 Å². The maximum absolute atomic E-state index is 13.5. The highest BCUT2D eigenvalue weighted by Crippen LogP contribution is 2.31. The van der Waals surface area contributed by atoms with E-state index >= 15 is 0 Å². The number of amides is 1. The summed E-state index contributed by atoms with van der Waals surface area (Å²) in [6.45, 7) is 1.78. The normalized spacial score (nSPS) is 15.7. The van der Waals surface area contributed by atoms with Gasteiger partial charge in [0, 0.05) is 11.4 Å². The zero-order chi connectivity index (χ0) is 21.8. The maximum atomic E-state index is 13.5.